The molecular weight excluding hydrogens is 421 g/mol. The summed E-state index contributed by atoms with van der Waals surface area (Å²) in [6, 6.07) is 8.53. The van der Waals surface area contributed by atoms with Crippen LogP contribution in [0.15, 0.2) is 36.4 Å². The topological polar surface area (TPSA) is 40.5 Å². The number of unbranched alkanes of at least 4 members (excludes halogenated alkanes) is 1. The summed E-state index contributed by atoms with van der Waals surface area (Å²) in [5.41, 5.74) is 2.38. The zero-order chi connectivity index (χ0) is 19.3. The largest absolute Gasteiger partial charge is 3.00 e. The summed E-state index contributed by atoms with van der Waals surface area (Å²) < 4.78 is 0. The zero-order valence-corrected chi connectivity index (χ0v) is 20.4. The fraction of sp³-hybridized carbons (Fsp3) is 0.640. The third-order valence-electron chi connectivity index (χ3n) is 7.05. The molecule has 0 aromatic heterocycles. The summed E-state index contributed by atoms with van der Waals surface area (Å²) in [5.74, 6) is 0.726. The van der Waals surface area contributed by atoms with Crippen molar-refractivity contribution in [2.45, 2.75) is 89.3 Å². The molecule has 150 valence electrons. The Balaban J connectivity index is 0.00000280. The summed E-state index contributed by atoms with van der Waals surface area (Å²) in [6.45, 7) is 6.09. The van der Waals surface area contributed by atoms with Gasteiger partial charge in [0.1, 0.15) is 0 Å². The Morgan fingerprint density at radius 2 is 1.89 bits per heavy atom. The van der Waals surface area contributed by atoms with Crippen LogP contribution in [0.1, 0.15) is 94.3 Å². The third-order valence-corrected chi connectivity index (χ3v) is 7.05. The SMILES string of the molecule is [CH2-]CC/C=C/CC1CCC(O)C1c1ccc(C(O)C2(CCC)CCC2)cc1.[Y+3]. The van der Waals surface area contributed by atoms with E-state index in [1.54, 1.807) is 0 Å². The van der Waals surface area contributed by atoms with Crippen LogP contribution in [-0.4, -0.2) is 16.3 Å². The molecule has 0 radical (unpaired) electrons. The molecule has 0 aliphatic heterocycles. The fourth-order valence-corrected chi connectivity index (χ4v) is 5.37. The molecule has 1 aromatic carbocycles. The maximum absolute atomic E-state index is 11.0. The first-order chi connectivity index (χ1) is 13.1. The van der Waals surface area contributed by atoms with Crippen molar-refractivity contribution in [1.29, 1.82) is 0 Å². The van der Waals surface area contributed by atoms with E-state index in [4.69, 9.17) is 0 Å². The van der Waals surface area contributed by atoms with Crippen molar-refractivity contribution in [1.82, 2.24) is 0 Å². The number of aliphatic hydroxyl groups is 2. The average molecular weight is 458 g/mol. The molecule has 2 nitrogen and oxygen atoms in total. The Bertz CT molecular complexity index is 605. The molecule has 2 N–H and O–H groups in total. The van der Waals surface area contributed by atoms with Crippen LogP contribution in [0.2, 0.25) is 0 Å². The molecule has 2 saturated carbocycles. The van der Waals surface area contributed by atoms with Crippen molar-refractivity contribution in [2.75, 3.05) is 0 Å². The zero-order valence-electron chi connectivity index (χ0n) is 17.5. The minimum Gasteiger partial charge on any atom is -0.392 e. The number of rotatable bonds is 9. The second kappa shape index (κ2) is 11.4. The number of benzene rings is 1. The van der Waals surface area contributed by atoms with Crippen molar-refractivity contribution < 1.29 is 42.9 Å². The van der Waals surface area contributed by atoms with Gasteiger partial charge in [0, 0.05) is 11.3 Å². The molecule has 0 saturated heterocycles. The van der Waals surface area contributed by atoms with E-state index in [-0.39, 0.29) is 56.3 Å². The smallest absolute Gasteiger partial charge is 0.392 e. The van der Waals surface area contributed by atoms with E-state index in [1.807, 2.05) is 0 Å². The van der Waals surface area contributed by atoms with Crippen LogP contribution in [0.5, 0.6) is 0 Å². The normalized spacial score (nSPS) is 27.4. The first-order valence-corrected chi connectivity index (χ1v) is 11.0. The van der Waals surface area contributed by atoms with Gasteiger partial charge in [-0.15, -0.1) is 0 Å². The Morgan fingerprint density at radius 3 is 2.46 bits per heavy atom. The Hall–Kier alpha value is -0.0161. The average Bonchev–Trinajstić information content (AvgIpc) is 3.02. The van der Waals surface area contributed by atoms with Crippen molar-refractivity contribution in [3.63, 3.8) is 0 Å². The monoisotopic (exact) mass is 458 g/mol. The van der Waals surface area contributed by atoms with Gasteiger partial charge in [-0.25, -0.2) is 0 Å². The second-order valence-corrected chi connectivity index (χ2v) is 8.82. The van der Waals surface area contributed by atoms with Gasteiger partial charge in [-0.05, 0) is 55.6 Å². The van der Waals surface area contributed by atoms with Crippen molar-refractivity contribution in [3.05, 3.63) is 54.5 Å². The fourth-order valence-electron chi connectivity index (χ4n) is 5.37. The quantitative estimate of drug-likeness (QED) is 0.347. The van der Waals surface area contributed by atoms with Crippen LogP contribution in [0.25, 0.3) is 0 Å². The summed E-state index contributed by atoms with van der Waals surface area (Å²) in [4.78, 5) is 0. The molecule has 0 amide bonds. The van der Waals surface area contributed by atoms with Crippen LogP contribution in [0, 0.1) is 18.3 Å². The van der Waals surface area contributed by atoms with Gasteiger partial charge in [0.25, 0.3) is 0 Å². The minimum atomic E-state index is -0.352. The van der Waals surface area contributed by atoms with Gasteiger partial charge in [0.05, 0.1) is 12.2 Å². The van der Waals surface area contributed by atoms with E-state index >= 15 is 0 Å². The molecule has 4 atom stereocenters. The summed E-state index contributed by atoms with van der Waals surface area (Å²) in [6.07, 6.45) is 14.7. The van der Waals surface area contributed by atoms with Gasteiger partial charge >= 0.3 is 32.7 Å². The summed E-state index contributed by atoms with van der Waals surface area (Å²) >= 11 is 0. The molecule has 4 unspecified atom stereocenters. The van der Waals surface area contributed by atoms with Crippen LogP contribution in [0.4, 0.5) is 0 Å². The molecular formula is C25H37O2Y+2. The Kier molecular flexibility index (Phi) is 9.87. The molecule has 0 bridgehead atoms. The molecule has 2 aliphatic carbocycles. The molecule has 2 aliphatic rings. The number of hydrogen-bond donors (Lipinski definition) is 2. The van der Waals surface area contributed by atoms with Gasteiger partial charge in [-0.1, -0.05) is 62.6 Å². The molecule has 0 heterocycles. The number of allylic oxidation sites excluding steroid dienone is 2. The van der Waals surface area contributed by atoms with Crippen LogP contribution >= 0.6 is 0 Å². The maximum atomic E-state index is 11.0. The summed E-state index contributed by atoms with van der Waals surface area (Å²) in [5, 5.41) is 21.5. The summed E-state index contributed by atoms with van der Waals surface area (Å²) in [7, 11) is 0. The standard InChI is InChI=1S/C25H37O2.Y/c1-3-5-6-7-9-19-14-15-22(26)23(19)20-10-12-21(13-11-20)24(27)25(16-4-2)17-8-18-25;/h6-7,10-13,19,22-24,26-27H,1,3-5,8-9,14-18H2,2H3;/q-1;+3/b7-6+;. The van der Waals surface area contributed by atoms with Crippen LogP contribution in [0.3, 0.4) is 0 Å². The number of hydrogen-bond acceptors (Lipinski definition) is 2. The third kappa shape index (κ3) is 5.36. The molecule has 2 fully saturated rings. The number of aliphatic hydroxyl groups excluding tert-OH is 2. The molecule has 1 aromatic rings. The van der Waals surface area contributed by atoms with E-state index in [2.05, 4.69) is 50.3 Å². The first-order valence-electron chi connectivity index (χ1n) is 11.0. The second-order valence-electron chi connectivity index (χ2n) is 8.82. The maximum Gasteiger partial charge on any atom is 3.00 e. The van der Waals surface area contributed by atoms with Crippen molar-refractivity contribution in [3.8, 4) is 0 Å². The van der Waals surface area contributed by atoms with E-state index in [9.17, 15) is 10.2 Å². The van der Waals surface area contributed by atoms with Crippen LogP contribution in [-0.2, 0) is 32.7 Å². The minimum absolute atomic E-state index is 0. The van der Waals surface area contributed by atoms with Crippen molar-refractivity contribution >= 4 is 0 Å². The van der Waals surface area contributed by atoms with Crippen LogP contribution < -0.4 is 0 Å². The van der Waals surface area contributed by atoms with E-state index in [0.717, 1.165) is 63.4 Å². The van der Waals surface area contributed by atoms with Gasteiger partial charge in [0.2, 0.25) is 0 Å². The van der Waals surface area contributed by atoms with E-state index in [1.165, 1.54) is 12.0 Å². The predicted octanol–water partition coefficient (Wildman–Crippen LogP) is 6.10. The van der Waals surface area contributed by atoms with Crippen molar-refractivity contribution in [2.24, 2.45) is 11.3 Å². The molecule has 0 spiro atoms. The van der Waals surface area contributed by atoms with E-state index in [0.29, 0.717) is 5.92 Å². The van der Waals surface area contributed by atoms with E-state index < -0.39 is 0 Å². The Labute approximate surface area is 197 Å². The van der Waals surface area contributed by atoms with Gasteiger partial charge in [-0.3, -0.25) is 0 Å². The van der Waals surface area contributed by atoms with Gasteiger partial charge < -0.3 is 17.1 Å². The molecule has 3 rings (SSSR count). The van der Waals surface area contributed by atoms with Gasteiger partial charge in [0.15, 0.2) is 0 Å². The molecule has 3 heteroatoms. The predicted molar refractivity (Wildman–Crippen MR) is 112 cm³/mol. The first kappa shape index (κ1) is 24.3. The van der Waals surface area contributed by atoms with Gasteiger partial charge in [-0.2, -0.15) is 6.42 Å². The molecule has 28 heavy (non-hydrogen) atoms. The Morgan fingerprint density at radius 1 is 1.18 bits per heavy atom.